The van der Waals surface area contributed by atoms with Crippen molar-refractivity contribution in [3.05, 3.63) is 0 Å². The van der Waals surface area contributed by atoms with Crippen LogP contribution >= 0.6 is 6.89 Å². The SMILES string of the molecule is CC(C)=P(C(C)C)(C1CC1)C1CC1. The Labute approximate surface area is 83.1 Å². The topological polar surface area (TPSA) is 0 Å². The van der Waals surface area contributed by atoms with Gasteiger partial charge >= 0.3 is 0 Å². The minimum absolute atomic E-state index is 0.645. The summed E-state index contributed by atoms with van der Waals surface area (Å²) in [4.78, 5) is 0. The highest BCUT2D eigenvalue weighted by Crippen LogP contribution is 2.74. The normalized spacial score (nSPS) is 23.8. The van der Waals surface area contributed by atoms with Crippen LogP contribution in [0.3, 0.4) is 0 Å². The standard InChI is InChI=1S/C12H23P/c1-9(2)13(10(3)4,11-5-6-11)12-7-8-12/h9,11-12H,5-8H2,1-4H3. The van der Waals surface area contributed by atoms with Crippen LogP contribution in [0.1, 0.15) is 53.4 Å². The summed E-state index contributed by atoms with van der Waals surface area (Å²) < 4.78 is 0. The van der Waals surface area contributed by atoms with Crippen molar-refractivity contribution >= 4 is 12.2 Å². The molecule has 2 rings (SSSR count). The van der Waals surface area contributed by atoms with Crippen LogP contribution in [0.4, 0.5) is 0 Å². The maximum atomic E-state index is 2.48. The molecule has 0 aromatic rings. The van der Waals surface area contributed by atoms with E-state index in [1.54, 1.807) is 25.7 Å². The van der Waals surface area contributed by atoms with Crippen LogP contribution in [0.15, 0.2) is 0 Å². The van der Waals surface area contributed by atoms with E-state index in [1.807, 2.05) is 5.29 Å². The Morgan fingerprint density at radius 2 is 1.38 bits per heavy atom. The first-order chi connectivity index (χ1) is 6.10. The first-order valence-electron chi connectivity index (χ1n) is 5.79. The molecule has 0 nitrogen and oxygen atoms in total. The summed E-state index contributed by atoms with van der Waals surface area (Å²) in [6.07, 6.45) is 6.20. The van der Waals surface area contributed by atoms with Crippen LogP contribution in [-0.2, 0) is 0 Å². The molecule has 0 bridgehead atoms. The zero-order valence-electron chi connectivity index (χ0n) is 9.51. The summed E-state index contributed by atoms with van der Waals surface area (Å²) in [5.41, 5.74) is 3.28. The van der Waals surface area contributed by atoms with Gasteiger partial charge in [0.25, 0.3) is 0 Å². The van der Waals surface area contributed by atoms with Gasteiger partial charge in [0, 0.05) is 0 Å². The molecule has 0 N–H and O–H groups in total. The molecule has 0 amide bonds. The third-order valence-corrected chi connectivity index (χ3v) is 10.6. The molecule has 13 heavy (non-hydrogen) atoms. The fourth-order valence-corrected chi connectivity index (χ4v) is 10.2. The summed E-state index contributed by atoms with van der Waals surface area (Å²) in [7, 11) is 0. The highest BCUT2D eigenvalue weighted by Gasteiger charge is 2.48. The maximum Gasteiger partial charge on any atom is -0.0206 e. The number of hydrogen-bond acceptors (Lipinski definition) is 0. The lowest BCUT2D eigenvalue weighted by Gasteiger charge is -2.33. The van der Waals surface area contributed by atoms with Crippen molar-refractivity contribution < 1.29 is 0 Å². The predicted molar refractivity (Wildman–Crippen MR) is 64.5 cm³/mol. The maximum absolute atomic E-state index is 2.48. The van der Waals surface area contributed by atoms with Gasteiger partial charge < -0.3 is 0 Å². The molecule has 2 fully saturated rings. The third-order valence-electron chi connectivity index (χ3n) is 3.93. The molecular weight excluding hydrogens is 175 g/mol. The second-order valence-electron chi connectivity index (χ2n) is 5.34. The predicted octanol–water partition coefficient (Wildman–Crippen LogP) is 3.95. The Morgan fingerprint density at radius 1 is 1.00 bits per heavy atom. The van der Waals surface area contributed by atoms with Gasteiger partial charge in [-0.1, -0.05) is 26.0 Å². The van der Waals surface area contributed by atoms with E-state index >= 15 is 0 Å². The molecule has 0 aliphatic heterocycles. The second-order valence-corrected chi connectivity index (χ2v) is 10.4. The van der Waals surface area contributed by atoms with E-state index in [2.05, 4.69) is 27.7 Å². The van der Waals surface area contributed by atoms with Gasteiger partial charge in [-0.15, -0.1) is 0 Å². The van der Waals surface area contributed by atoms with Crippen molar-refractivity contribution in [2.75, 3.05) is 0 Å². The largest absolute Gasteiger partial charge is 0.0979 e. The summed E-state index contributed by atoms with van der Waals surface area (Å²) >= 11 is 0. The summed E-state index contributed by atoms with van der Waals surface area (Å²) in [6, 6.07) is 0. The molecule has 0 radical (unpaired) electrons. The van der Waals surface area contributed by atoms with Crippen molar-refractivity contribution in [1.29, 1.82) is 0 Å². The first-order valence-corrected chi connectivity index (χ1v) is 7.78. The van der Waals surface area contributed by atoms with E-state index in [1.165, 1.54) is 0 Å². The van der Waals surface area contributed by atoms with Gasteiger partial charge in [0.15, 0.2) is 0 Å². The van der Waals surface area contributed by atoms with Gasteiger partial charge in [-0.05, 0) is 56.5 Å². The van der Waals surface area contributed by atoms with Gasteiger partial charge in [-0.3, -0.25) is 0 Å². The molecule has 0 unspecified atom stereocenters. The van der Waals surface area contributed by atoms with Crippen molar-refractivity contribution in [1.82, 2.24) is 0 Å². The van der Waals surface area contributed by atoms with E-state index in [0.717, 1.165) is 17.0 Å². The molecule has 0 aromatic heterocycles. The highest BCUT2D eigenvalue weighted by atomic mass is 31.2. The van der Waals surface area contributed by atoms with E-state index < -0.39 is 6.89 Å². The van der Waals surface area contributed by atoms with Crippen LogP contribution in [-0.4, -0.2) is 22.3 Å². The molecule has 2 aliphatic rings. The molecule has 1 heteroatoms. The van der Waals surface area contributed by atoms with Crippen molar-refractivity contribution in [2.45, 2.75) is 70.4 Å². The Bertz CT molecular complexity index is 226. The monoisotopic (exact) mass is 198 g/mol. The average Bonchev–Trinajstić information content (AvgIpc) is 2.80. The van der Waals surface area contributed by atoms with Crippen molar-refractivity contribution in [2.24, 2.45) is 0 Å². The Hall–Kier alpha value is 0.300. The number of hydrogen-bond donors (Lipinski definition) is 0. The second kappa shape index (κ2) is 3.16. The van der Waals surface area contributed by atoms with Gasteiger partial charge in [-0.25, -0.2) is 0 Å². The van der Waals surface area contributed by atoms with Crippen LogP contribution < -0.4 is 0 Å². The quantitative estimate of drug-likeness (QED) is 0.602. The van der Waals surface area contributed by atoms with E-state index in [0.29, 0.717) is 0 Å². The lowest BCUT2D eigenvalue weighted by molar-refractivity contribution is 1.05. The zero-order chi connectivity index (χ0) is 9.64. The molecule has 76 valence electrons. The van der Waals surface area contributed by atoms with Crippen molar-refractivity contribution in [3.63, 3.8) is 0 Å². The fraction of sp³-hybridized carbons (Fsp3) is 0.917. The molecule has 0 atom stereocenters. The Kier molecular flexibility index (Phi) is 2.39. The Balaban J connectivity index is 2.41. The molecule has 0 aromatic carbocycles. The lowest BCUT2D eigenvalue weighted by Crippen LogP contribution is -2.13. The smallest absolute Gasteiger partial charge is 0.0206 e. The van der Waals surface area contributed by atoms with Gasteiger partial charge in [0.2, 0.25) is 0 Å². The molecule has 0 spiro atoms. The minimum atomic E-state index is -0.645. The number of rotatable bonds is 3. The highest BCUT2D eigenvalue weighted by molar-refractivity contribution is 7.78. The fourth-order valence-electron chi connectivity index (χ4n) is 3.39. The van der Waals surface area contributed by atoms with E-state index in [-0.39, 0.29) is 0 Å². The van der Waals surface area contributed by atoms with Crippen LogP contribution in [0, 0.1) is 0 Å². The van der Waals surface area contributed by atoms with Gasteiger partial charge in [0.1, 0.15) is 0 Å². The molecule has 2 saturated carbocycles. The molecule has 0 saturated heterocycles. The van der Waals surface area contributed by atoms with Crippen LogP contribution in [0.5, 0.6) is 0 Å². The molecular formula is C12H23P. The zero-order valence-corrected chi connectivity index (χ0v) is 10.4. The first kappa shape index (κ1) is 9.84. The lowest BCUT2D eigenvalue weighted by atomic mass is 10.6. The van der Waals surface area contributed by atoms with Crippen LogP contribution in [0.25, 0.3) is 0 Å². The summed E-state index contributed by atoms with van der Waals surface area (Å²) in [5.74, 6) is 0. The Morgan fingerprint density at radius 3 is 1.54 bits per heavy atom. The average molecular weight is 198 g/mol. The summed E-state index contributed by atoms with van der Waals surface area (Å²) in [5, 5.41) is 1.83. The van der Waals surface area contributed by atoms with Gasteiger partial charge in [-0.2, -0.15) is 0 Å². The van der Waals surface area contributed by atoms with E-state index in [4.69, 9.17) is 0 Å². The van der Waals surface area contributed by atoms with Crippen molar-refractivity contribution in [3.8, 4) is 0 Å². The molecule has 2 aliphatic carbocycles. The minimum Gasteiger partial charge on any atom is -0.0979 e. The van der Waals surface area contributed by atoms with E-state index in [9.17, 15) is 0 Å². The third kappa shape index (κ3) is 1.42. The van der Waals surface area contributed by atoms with Gasteiger partial charge in [0.05, 0.1) is 0 Å². The summed E-state index contributed by atoms with van der Waals surface area (Å²) in [6.45, 7) is 9.16. The van der Waals surface area contributed by atoms with Crippen LogP contribution in [0.2, 0.25) is 0 Å². The molecule has 0 heterocycles.